The van der Waals surface area contributed by atoms with Gasteiger partial charge in [-0.3, -0.25) is 4.79 Å². The van der Waals surface area contributed by atoms with E-state index in [-0.39, 0.29) is 28.6 Å². The predicted octanol–water partition coefficient (Wildman–Crippen LogP) is 4.10. The Morgan fingerprint density at radius 3 is 2.79 bits per heavy atom. The molecule has 5 aliphatic carbocycles. The van der Waals surface area contributed by atoms with Crippen LogP contribution >= 0.6 is 0 Å². The van der Waals surface area contributed by atoms with Gasteiger partial charge in [0.15, 0.2) is 0 Å². The Morgan fingerprint density at radius 1 is 1.36 bits per heavy atom. The molecule has 168 valence electrons. The molecule has 0 radical (unpaired) electrons. The van der Waals surface area contributed by atoms with Crippen molar-refractivity contribution in [3.05, 3.63) is 74.6 Å². The number of carbonyl (C=O) groups is 1. The summed E-state index contributed by atoms with van der Waals surface area (Å²) in [5.41, 5.74) is 16.1. The normalized spacial score (nSPS) is 30.9. The fraction of sp³-hybridized carbons (Fsp3) is 0.429. The van der Waals surface area contributed by atoms with Gasteiger partial charge >= 0.3 is 0 Å². The topological polar surface area (TPSA) is 90.3 Å². The Hall–Kier alpha value is -3.10. The average Bonchev–Trinajstić information content (AvgIpc) is 3.33. The molecule has 5 heteroatoms. The van der Waals surface area contributed by atoms with E-state index in [1.54, 1.807) is 0 Å². The van der Waals surface area contributed by atoms with Crippen LogP contribution in [0.25, 0.3) is 5.57 Å². The van der Waals surface area contributed by atoms with Gasteiger partial charge in [0.25, 0.3) is 5.91 Å². The number of rotatable bonds is 4. The summed E-state index contributed by atoms with van der Waals surface area (Å²) in [6, 6.07) is 7.01. The van der Waals surface area contributed by atoms with E-state index >= 15 is 0 Å². The molecule has 1 saturated carbocycles. The number of nitrogens with two attached hydrogens (primary N) is 1. The lowest BCUT2D eigenvalue weighted by Crippen LogP contribution is -2.46. The van der Waals surface area contributed by atoms with Crippen molar-refractivity contribution in [1.29, 1.82) is 5.26 Å². The molecule has 1 aromatic carbocycles. The first-order valence-electron chi connectivity index (χ1n) is 11.9. The highest BCUT2D eigenvalue weighted by atomic mass is 16.3. The number of nitriles is 1. The minimum Gasteiger partial charge on any atom is -0.511 e. The number of amides is 1. The Kier molecular flexibility index (Phi) is 4.03. The van der Waals surface area contributed by atoms with Crippen molar-refractivity contribution in [2.24, 2.45) is 28.9 Å². The molecular weight excluding hydrogens is 410 g/mol. The molecule has 33 heavy (non-hydrogen) atoms. The zero-order valence-corrected chi connectivity index (χ0v) is 19.5. The summed E-state index contributed by atoms with van der Waals surface area (Å²) < 4.78 is 0. The molecule has 2 unspecified atom stereocenters. The number of benzene rings is 1. The largest absolute Gasteiger partial charge is 0.511 e. The second-order valence-electron chi connectivity index (χ2n) is 10.4. The Morgan fingerprint density at radius 2 is 2.12 bits per heavy atom. The van der Waals surface area contributed by atoms with Gasteiger partial charge in [-0.2, -0.15) is 5.26 Å². The van der Waals surface area contributed by atoms with E-state index in [0.717, 1.165) is 48.2 Å². The molecule has 6 rings (SSSR count). The molecule has 1 aromatic rings. The average molecular weight is 440 g/mol. The lowest BCUT2D eigenvalue weighted by Gasteiger charge is -2.52. The van der Waals surface area contributed by atoms with Gasteiger partial charge in [0.2, 0.25) is 0 Å². The van der Waals surface area contributed by atoms with Crippen LogP contribution in [0.5, 0.6) is 0 Å². The minimum absolute atomic E-state index is 0.102. The zero-order chi connectivity index (χ0) is 23.4. The maximum absolute atomic E-state index is 12.2. The maximum Gasteiger partial charge on any atom is 0.252 e. The van der Waals surface area contributed by atoms with Gasteiger partial charge in [-0.25, -0.2) is 0 Å². The van der Waals surface area contributed by atoms with Crippen molar-refractivity contribution >= 4 is 11.5 Å². The number of carbonyl (C=O) groups excluding carboxylic acids is 1. The lowest BCUT2D eigenvalue weighted by atomic mass is 9.49. The molecule has 1 fully saturated rings. The van der Waals surface area contributed by atoms with Crippen LogP contribution in [-0.4, -0.2) is 29.5 Å². The third-order valence-electron chi connectivity index (χ3n) is 9.00. The molecule has 0 bridgehead atoms. The molecule has 3 N–H and O–H groups in total. The van der Waals surface area contributed by atoms with Gasteiger partial charge in [0.1, 0.15) is 5.76 Å². The van der Waals surface area contributed by atoms with Gasteiger partial charge in [-0.05, 0) is 95.3 Å². The number of aliphatic hydroxyl groups excluding tert-OH is 1. The molecule has 1 spiro atoms. The van der Waals surface area contributed by atoms with Crippen molar-refractivity contribution in [2.75, 3.05) is 13.6 Å². The molecule has 4 atom stereocenters. The summed E-state index contributed by atoms with van der Waals surface area (Å²) in [5.74, 6) is -0.319. The fourth-order valence-corrected chi connectivity index (χ4v) is 7.54. The number of allylic oxidation sites excluding steroid dienone is 5. The summed E-state index contributed by atoms with van der Waals surface area (Å²) in [6.45, 7) is 10.8. The van der Waals surface area contributed by atoms with Crippen LogP contribution in [0.4, 0.5) is 0 Å². The molecule has 0 aromatic heterocycles. The Labute approximate surface area is 194 Å². The number of fused-ring (bicyclic) bond motifs is 2. The predicted molar refractivity (Wildman–Crippen MR) is 127 cm³/mol. The quantitative estimate of drug-likeness (QED) is 0.739. The summed E-state index contributed by atoms with van der Waals surface area (Å²) in [5, 5.41) is 20.7. The van der Waals surface area contributed by atoms with Crippen LogP contribution in [0.2, 0.25) is 0 Å². The van der Waals surface area contributed by atoms with Crippen molar-refractivity contribution in [1.82, 2.24) is 4.90 Å². The summed E-state index contributed by atoms with van der Waals surface area (Å²) in [4.78, 5) is 14.5. The third-order valence-corrected chi connectivity index (χ3v) is 9.00. The molecule has 5 nitrogen and oxygen atoms in total. The van der Waals surface area contributed by atoms with Crippen molar-refractivity contribution < 1.29 is 9.90 Å². The highest BCUT2D eigenvalue weighted by Crippen LogP contribution is 2.83. The van der Waals surface area contributed by atoms with E-state index in [2.05, 4.69) is 50.6 Å². The summed E-state index contributed by atoms with van der Waals surface area (Å²) >= 11 is 0. The van der Waals surface area contributed by atoms with E-state index in [4.69, 9.17) is 5.73 Å². The van der Waals surface area contributed by atoms with E-state index in [0.29, 0.717) is 12.3 Å². The van der Waals surface area contributed by atoms with Crippen LogP contribution in [0.3, 0.4) is 0 Å². The first kappa shape index (κ1) is 20.5. The van der Waals surface area contributed by atoms with Gasteiger partial charge in [-0.15, -0.1) is 0 Å². The number of hydrogen-bond donors (Lipinski definition) is 2. The van der Waals surface area contributed by atoms with Crippen LogP contribution in [-0.2, 0) is 17.8 Å². The highest BCUT2D eigenvalue weighted by Gasteiger charge is 2.77. The smallest absolute Gasteiger partial charge is 0.252 e. The lowest BCUT2D eigenvalue weighted by molar-refractivity contribution is -0.114. The Bertz CT molecular complexity index is 1320. The highest BCUT2D eigenvalue weighted by molar-refractivity contribution is 6.04. The zero-order valence-electron chi connectivity index (χ0n) is 19.5. The van der Waals surface area contributed by atoms with Gasteiger partial charge in [0, 0.05) is 18.4 Å². The first-order chi connectivity index (χ1) is 15.8. The molecule has 0 aliphatic heterocycles. The molecular formula is C28H29N3O2. The van der Waals surface area contributed by atoms with Crippen LogP contribution in [0.15, 0.2) is 52.3 Å². The molecule has 1 amide bonds. The number of aliphatic hydroxyl groups is 1. The van der Waals surface area contributed by atoms with Gasteiger partial charge < -0.3 is 15.7 Å². The van der Waals surface area contributed by atoms with E-state index in [1.807, 2.05) is 0 Å². The number of nitrogens with zero attached hydrogens (tertiary/aromatic N) is 2. The monoisotopic (exact) mass is 439 g/mol. The summed E-state index contributed by atoms with van der Waals surface area (Å²) in [7, 11) is 2.13. The third kappa shape index (κ3) is 2.27. The second kappa shape index (κ2) is 6.48. The van der Waals surface area contributed by atoms with Crippen molar-refractivity contribution in [3.8, 4) is 6.07 Å². The molecule has 0 saturated heterocycles. The minimum atomic E-state index is -0.589. The van der Waals surface area contributed by atoms with Gasteiger partial charge in [-0.1, -0.05) is 25.6 Å². The summed E-state index contributed by atoms with van der Waals surface area (Å²) in [6.07, 6.45) is 2.32. The molecule has 5 aliphatic rings. The van der Waals surface area contributed by atoms with E-state index < -0.39 is 5.91 Å². The van der Waals surface area contributed by atoms with Crippen LogP contribution in [0.1, 0.15) is 42.0 Å². The Balaban J connectivity index is 1.50. The molecule has 0 heterocycles. The standard InChI is InChI=1S/C28H29N3O2/c1-5-31(4)12-16-7-6-15-8-17-9-18-10-20(32)23(27(30)33)26-25-19(11-29)24(28(18,25)26)22(17)14(3)21(15)13(16)2/h6-7,17-19,32H,3,5,8-10,12H2,1-2,4H3,(H2,30,33)/t17?,18-,19?,28+/m0/s1. The van der Waals surface area contributed by atoms with E-state index in [9.17, 15) is 15.2 Å². The first-order valence-corrected chi connectivity index (χ1v) is 11.9. The van der Waals surface area contributed by atoms with Gasteiger partial charge in [0.05, 0.1) is 17.6 Å². The SMILES string of the molecule is C=C1C2=C3C(C#N)C4=C5C(C(N)=O)=C(O)C[C@H](CC2Cc2ccc(CN(C)CC)c(C)c21)[C@@]534. The van der Waals surface area contributed by atoms with Crippen LogP contribution < -0.4 is 5.73 Å². The number of primary amides is 1. The maximum atomic E-state index is 12.2. The van der Waals surface area contributed by atoms with Crippen molar-refractivity contribution in [3.63, 3.8) is 0 Å². The number of hydrogen-bond acceptors (Lipinski definition) is 4. The second-order valence-corrected chi connectivity index (χ2v) is 10.4. The fourth-order valence-electron chi connectivity index (χ4n) is 7.54. The van der Waals surface area contributed by atoms with E-state index in [1.165, 1.54) is 27.8 Å². The van der Waals surface area contributed by atoms with Crippen LogP contribution in [0, 0.1) is 41.4 Å². The van der Waals surface area contributed by atoms with Crippen molar-refractivity contribution in [2.45, 2.75) is 39.7 Å².